The quantitative estimate of drug-likeness (QED) is 0.422. The number of aliphatic carboxylic acids is 1. The Bertz CT molecular complexity index is 311. The highest BCUT2D eigenvalue weighted by atomic mass is 16.4. The third kappa shape index (κ3) is 2.85. The maximum atomic E-state index is 11.5. The van der Waals surface area contributed by atoms with Crippen LogP contribution in [-0.4, -0.2) is 41.0 Å². The van der Waals surface area contributed by atoms with E-state index in [4.69, 9.17) is 10.6 Å². The van der Waals surface area contributed by atoms with Gasteiger partial charge in [0.25, 0.3) is 0 Å². The third-order valence-electron chi connectivity index (χ3n) is 2.35. The Kier molecular flexibility index (Phi) is 3.93. The number of hydrogen-bond donors (Lipinski definition) is 1. The number of carbonyl (C=O) groups excluding carboxylic acids is 1. The molecule has 1 atom stereocenters. The molecule has 0 spiro atoms. The summed E-state index contributed by atoms with van der Waals surface area (Å²) in [7, 11) is 0. The van der Waals surface area contributed by atoms with Crippen molar-refractivity contribution in [1.29, 1.82) is 0 Å². The number of carbonyl (C=O) groups is 2. The first-order valence-corrected chi connectivity index (χ1v) is 4.70. The number of amides is 1. The van der Waals surface area contributed by atoms with Crippen molar-refractivity contribution in [2.45, 2.75) is 25.3 Å². The summed E-state index contributed by atoms with van der Waals surface area (Å²) >= 11 is 0. The lowest BCUT2D eigenvalue weighted by Gasteiger charge is -2.20. The van der Waals surface area contributed by atoms with E-state index in [9.17, 15) is 9.59 Å². The zero-order valence-electron chi connectivity index (χ0n) is 8.17. The maximum absolute atomic E-state index is 11.5. The molecule has 1 N–H and O–H groups in total. The lowest BCUT2D eigenvalue weighted by atomic mass is 10.2. The predicted molar refractivity (Wildman–Crippen MR) is 51.0 cm³/mol. The zero-order valence-corrected chi connectivity index (χ0v) is 8.17. The molecule has 1 saturated heterocycles. The summed E-state index contributed by atoms with van der Waals surface area (Å²) in [6.45, 7) is 0.560. The molecule has 1 heterocycles. The smallest absolute Gasteiger partial charge is 0.326 e. The van der Waals surface area contributed by atoms with Crippen LogP contribution in [0.1, 0.15) is 19.3 Å². The summed E-state index contributed by atoms with van der Waals surface area (Å²) in [5.74, 6) is -1.23. The van der Waals surface area contributed by atoms with Gasteiger partial charge in [-0.3, -0.25) is 4.79 Å². The summed E-state index contributed by atoms with van der Waals surface area (Å²) in [6.07, 6.45) is 1.29. The SMILES string of the molecule is [N-]=[N+]=NCCC(=O)N1CCC[C@@H]1C(=O)O. The first-order valence-electron chi connectivity index (χ1n) is 4.70. The monoisotopic (exact) mass is 212 g/mol. The largest absolute Gasteiger partial charge is 0.480 e. The molecule has 0 saturated carbocycles. The van der Waals surface area contributed by atoms with Gasteiger partial charge in [-0.1, -0.05) is 5.11 Å². The lowest BCUT2D eigenvalue weighted by molar-refractivity contribution is -0.148. The number of rotatable bonds is 4. The first-order chi connectivity index (χ1) is 7.16. The van der Waals surface area contributed by atoms with E-state index in [0.717, 1.165) is 0 Å². The highest BCUT2D eigenvalue weighted by Crippen LogP contribution is 2.18. The summed E-state index contributed by atoms with van der Waals surface area (Å²) in [5.41, 5.74) is 8.02. The Hall–Kier alpha value is -1.75. The highest BCUT2D eigenvalue weighted by Gasteiger charge is 2.33. The molecule has 1 aliphatic heterocycles. The summed E-state index contributed by atoms with van der Waals surface area (Å²) in [6, 6.07) is -0.705. The van der Waals surface area contributed by atoms with Crippen LogP contribution >= 0.6 is 0 Å². The van der Waals surface area contributed by atoms with Crippen LogP contribution < -0.4 is 0 Å². The minimum atomic E-state index is -0.968. The van der Waals surface area contributed by atoms with Gasteiger partial charge in [-0.15, -0.1) is 0 Å². The molecule has 7 nitrogen and oxygen atoms in total. The second-order valence-corrected chi connectivity index (χ2v) is 3.29. The van der Waals surface area contributed by atoms with Gasteiger partial charge in [0.2, 0.25) is 5.91 Å². The zero-order chi connectivity index (χ0) is 11.3. The van der Waals surface area contributed by atoms with E-state index in [1.54, 1.807) is 0 Å². The van der Waals surface area contributed by atoms with Gasteiger partial charge in [-0.2, -0.15) is 0 Å². The van der Waals surface area contributed by atoms with Crippen molar-refractivity contribution in [1.82, 2.24) is 4.90 Å². The van der Waals surface area contributed by atoms with Gasteiger partial charge >= 0.3 is 5.97 Å². The Morgan fingerprint density at radius 2 is 2.33 bits per heavy atom. The topological polar surface area (TPSA) is 106 Å². The molecular formula is C8H12N4O3. The van der Waals surface area contributed by atoms with Gasteiger partial charge in [0, 0.05) is 24.4 Å². The fraction of sp³-hybridized carbons (Fsp3) is 0.750. The molecule has 0 aliphatic carbocycles. The van der Waals surface area contributed by atoms with Crippen LogP contribution in [0.4, 0.5) is 0 Å². The number of hydrogen-bond acceptors (Lipinski definition) is 3. The number of azide groups is 1. The van der Waals surface area contributed by atoms with Crippen LogP contribution in [0.3, 0.4) is 0 Å². The maximum Gasteiger partial charge on any atom is 0.326 e. The molecule has 1 aliphatic rings. The summed E-state index contributed by atoms with van der Waals surface area (Å²) < 4.78 is 0. The Morgan fingerprint density at radius 3 is 2.93 bits per heavy atom. The molecule has 1 fully saturated rings. The van der Waals surface area contributed by atoms with Crippen molar-refractivity contribution >= 4 is 11.9 Å². The van der Waals surface area contributed by atoms with E-state index in [1.807, 2.05) is 0 Å². The van der Waals surface area contributed by atoms with Gasteiger partial charge in [0.15, 0.2) is 0 Å². The van der Waals surface area contributed by atoms with Crippen LogP contribution in [0.15, 0.2) is 5.11 Å². The Balaban J connectivity index is 2.50. The molecule has 0 aromatic heterocycles. The van der Waals surface area contributed by atoms with Gasteiger partial charge in [0.05, 0.1) is 0 Å². The average molecular weight is 212 g/mol. The number of likely N-dealkylation sites (tertiary alicyclic amines) is 1. The molecule has 0 radical (unpaired) electrons. The minimum absolute atomic E-state index is 0.0772. The van der Waals surface area contributed by atoms with Crippen LogP contribution in [-0.2, 0) is 9.59 Å². The van der Waals surface area contributed by atoms with E-state index in [-0.39, 0.29) is 18.9 Å². The van der Waals surface area contributed by atoms with E-state index in [1.165, 1.54) is 4.90 Å². The standard InChI is InChI=1S/C8H12N4O3/c9-11-10-4-3-7(13)12-5-1-2-6(12)8(14)15/h6H,1-5H2,(H,14,15)/t6-/m1/s1. The van der Waals surface area contributed by atoms with Gasteiger partial charge < -0.3 is 10.0 Å². The van der Waals surface area contributed by atoms with E-state index in [2.05, 4.69) is 10.0 Å². The molecular weight excluding hydrogens is 200 g/mol. The summed E-state index contributed by atoms with van der Waals surface area (Å²) in [5, 5.41) is 12.1. The fourth-order valence-corrected chi connectivity index (χ4v) is 1.66. The molecule has 1 amide bonds. The van der Waals surface area contributed by atoms with Gasteiger partial charge in [0.1, 0.15) is 6.04 Å². The van der Waals surface area contributed by atoms with Crippen molar-refractivity contribution < 1.29 is 14.7 Å². The first kappa shape index (κ1) is 11.3. The Morgan fingerprint density at radius 1 is 1.60 bits per heavy atom. The van der Waals surface area contributed by atoms with E-state index < -0.39 is 12.0 Å². The number of carboxylic acid groups (broad SMARTS) is 1. The van der Waals surface area contributed by atoms with Crippen molar-refractivity contribution in [2.75, 3.05) is 13.1 Å². The number of carboxylic acids is 1. The van der Waals surface area contributed by atoms with E-state index in [0.29, 0.717) is 19.4 Å². The van der Waals surface area contributed by atoms with Crippen LogP contribution in [0.25, 0.3) is 10.4 Å². The molecule has 0 aromatic rings. The molecule has 0 bridgehead atoms. The predicted octanol–water partition coefficient (Wildman–Crippen LogP) is 0.762. The fourth-order valence-electron chi connectivity index (χ4n) is 1.66. The Labute approximate surface area is 86.3 Å². The number of nitrogens with zero attached hydrogens (tertiary/aromatic N) is 4. The van der Waals surface area contributed by atoms with Gasteiger partial charge in [-0.05, 0) is 18.4 Å². The van der Waals surface area contributed by atoms with Crippen LogP contribution in [0.5, 0.6) is 0 Å². The molecule has 7 heteroatoms. The highest BCUT2D eigenvalue weighted by molar-refractivity contribution is 5.84. The van der Waals surface area contributed by atoms with Crippen molar-refractivity contribution in [3.05, 3.63) is 10.4 Å². The van der Waals surface area contributed by atoms with Crippen molar-refractivity contribution in [2.24, 2.45) is 5.11 Å². The molecule has 0 unspecified atom stereocenters. The third-order valence-corrected chi connectivity index (χ3v) is 2.35. The van der Waals surface area contributed by atoms with Crippen molar-refractivity contribution in [3.63, 3.8) is 0 Å². The lowest BCUT2D eigenvalue weighted by Crippen LogP contribution is -2.40. The minimum Gasteiger partial charge on any atom is -0.480 e. The van der Waals surface area contributed by atoms with E-state index >= 15 is 0 Å². The summed E-state index contributed by atoms with van der Waals surface area (Å²) in [4.78, 5) is 26.2. The second-order valence-electron chi connectivity index (χ2n) is 3.29. The average Bonchev–Trinajstić information content (AvgIpc) is 2.66. The van der Waals surface area contributed by atoms with Gasteiger partial charge in [-0.25, -0.2) is 4.79 Å². The normalized spacial score (nSPS) is 19.7. The molecule has 82 valence electrons. The van der Waals surface area contributed by atoms with Crippen LogP contribution in [0.2, 0.25) is 0 Å². The molecule has 0 aromatic carbocycles. The molecule has 15 heavy (non-hydrogen) atoms. The molecule has 1 rings (SSSR count). The van der Waals surface area contributed by atoms with Crippen LogP contribution in [0, 0.1) is 0 Å². The second kappa shape index (κ2) is 5.21. The van der Waals surface area contributed by atoms with Crippen molar-refractivity contribution in [3.8, 4) is 0 Å².